The van der Waals surface area contributed by atoms with Crippen molar-refractivity contribution >= 4 is 5.97 Å². The molecule has 0 aliphatic heterocycles. The van der Waals surface area contributed by atoms with Crippen molar-refractivity contribution in [3.8, 4) is 5.75 Å². The third kappa shape index (κ3) is 2.73. The van der Waals surface area contributed by atoms with Crippen LogP contribution >= 0.6 is 0 Å². The molecule has 1 rings (SSSR count). The highest BCUT2D eigenvalue weighted by Gasteiger charge is 2.14. The van der Waals surface area contributed by atoms with E-state index >= 15 is 0 Å². The first-order valence-corrected chi connectivity index (χ1v) is 4.30. The van der Waals surface area contributed by atoms with Crippen LogP contribution in [0.3, 0.4) is 0 Å². The van der Waals surface area contributed by atoms with Crippen molar-refractivity contribution in [2.24, 2.45) is 0 Å². The molecule has 0 N–H and O–H groups in total. The summed E-state index contributed by atoms with van der Waals surface area (Å²) < 4.78 is 9.81. The van der Waals surface area contributed by atoms with Crippen LogP contribution in [0.25, 0.3) is 0 Å². The summed E-state index contributed by atoms with van der Waals surface area (Å²) in [5.74, 6) is 0.166. The summed E-state index contributed by atoms with van der Waals surface area (Å²) in [6.45, 7) is 3.51. The number of pyridine rings is 1. The van der Waals surface area contributed by atoms with Crippen molar-refractivity contribution in [1.82, 2.24) is 4.98 Å². The zero-order chi connectivity index (χ0) is 10.6. The highest BCUT2D eigenvalue weighted by molar-refractivity contribution is 5.74. The summed E-state index contributed by atoms with van der Waals surface area (Å²) in [5.41, 5.74) is 0.906. The van der Waals surface area contributed by atoms with Crippen LogP contribution in [-0.4, -0.2) is 24.2 Å². The molecule has 0 bridgehead atoms. The number of aryl methyl sites for hydroxylation is 1. The van der Waals surface area contributed by atoms with Crippen LogP contribution in [-0.2, 0) is 9.53 Å². The van der Waals surface area contributed by atoms with Gasteiger partial charge in [-0.2, -0.15) is 0 Å². The number of carbonyl (C=O) groups is 1. The summed E-state index contributed by atoms with van der Waals surface area (Å²) in [4.78, 5) is 15.1. The van der Waals surface area contributed by atoms with Crippen molar-refractivity contribution in [1.29, 1.82) is 0 Å². The third-order valence-corrected chi connectivity index (χ3v) is 1.73. The maximum Gasteiger partial charge on any atom is 0.346 e. The second-order valence-electron chi connectivity index (χ2n) is 2.92. The van der Waals surface area contributed by atoms with Crippen molar-refractivity contribution in [2.75, 3.05) is 7.11 Å². The van der Waals surface area contributed by atoms with Crippen LogP contribution in [0.15, 0.2) is 18.3 Å². The van der Waals surface area contributed by atoms with E-state index < -0.39 is 12.1 Å². The van der Waals surface area contributed by atoms with Gasteiger partial charge in [-0.3, -0.25) is 4.98 Å². The van der Waals surface area contributed by atoms with Gasteiger partial charge in [-0.1, -0.05) is 0 Å². The lowest BCUT2D eigenvalue weighted by Gasteiger charge is -2.11. The van der Waals surface area contributed by atoms with Gasteiger partial charge in [0.2, 0.25) is 0 Å². The van der Waals surface area contributed by atoms with Gasteiger partial charge in [-0.15, -0.1) is 0 Å². The fourth-order valence-corrected chi connectivity index (χ4v) is 0.942. The lowest BCUT2D eigenvalue weighted by Crippen LogP contribution is -2.24. The lowest BCUT2D eigenvalue weighted by molar-refractivity contribution is -0.147. The maximum atomic E-state index is 11.0. The van der Waals surface area contributed by atoms with Gasteiger partial charge in [0.05, 0.1) is 13.3 Å². The van der Waals surface area contributed by atoms with E-state index in [0.717, 1.165) is 5.69 Å². The zero-order valence-electron chi connectivity index (χ0n) is 8.48. The fraction of sp³-hybridized carbons (Fsp3) is 0.400. The van der Waals surface area contributed by atoms with Crippen LogP contribution in [0, 0.1) is 6.92 Å². The molecule has 1 heterocycles. The molecule has 76 valence electrons. The summed E-state index contributed by atoms with van der Waals surface area (Å²) in [6, 6.07) is 3.58. The summed E-state index contributed by atoms with van der Waals surface area (Å²) in [6.07, 6.45) is 0.971. The van der Waals surface area contributed by atoms with Crippen LogP contribution in [0.4, 0.5) is 0 Å². The molecule has 4 heteroatoms. The second-order valence-corrected chi connectivity index (χ2v) is 2.92. The average Bonchev–Trinajstić information content (AvgIpc) is 2.20. The Kier molecular flexibility index (Phi) is 3.45. The molecular weight excluding hydrogens is 182 g/mol. The minimum absolute atomic E-state index is 0.398. The van der Waals surface area contributed by atoms with E-state index in [2.05, 4.69) is 9.72 Å². The Labute approximate surface area is 82.9 Å². The van der Waals surface area contributed by atoms with Crippen LogP contribution in [0.2, 0.25) is 0 Å². The number of methoxy groups -OCH3 is 1. The summed E-state index contributed by atoms with van der Waals surface area (Å²) in [7, 11) is 1.33. The van der Waals surface area contributed by atoms with Gasteiger partial charge >= 0.3 is 5.97 Å². The number of ether oxygens (including phenoxy) is 2. The molecule has 4 nitrogen and oxygen atoms in total. The normalized spacial score (nSPS) is 11.9. The number of nitrogens with zero attached hydrogens (tertiary/aromatic N) is 1. The predicted octanol–water partition coefficient (Wildman–Crippen LogP) is 1.33. The predicted molar refractivity (Wildman–Crippen MR) is 51.1 cm³/mol. The molecular formula is C10H13NO3. The first kappa shape index (κ1) is 10.5. The zero-order valence-corrected chi connectivity index (χ0v) is 8.48. The van der Waals surface area contributed by atoms with Crippen molar-refractivity contribution in [3.63, 3.8) is 0 Å². The second kappa shape index (κ2) is 4.60. The summed E-state index contributed by atoms with van der Waals surface area (Å²) in [5, 5.41) is 0. The van der Waals surface area contributed by atoms with Gasteiger partial charge in [-0.05, 0) is 26.0 Å². The van der Waals surface area contributed by atoms with E-state index in [4.69, 9.17) is 4.74 Å². The molecule has 0 spiro atoms. The molecule has 0 radical (unpaired) electrons. The molecule has 1 atom stereocenters. The van der Waals surface area contributed by atoms with E-state index in [1.165, 1.54) is 7.11 Å². The topological polar surface area (TPSA) is 48.4 Å². The molecule has 0 fully saturated rings. The van der Waals surface area contributed by atoms with Gasteiger partial charge in [0, 0.05) is 5.69 Å². The fourth-order valence-electron chi connectivity index (χ4n) is 0.942. The Morgan fingerprint density at radius 3 is 2.71 bits per heavy atom. The molecule has 0 saturated heterocycles. The molecule has 0 aromatic carbocycles. The van der Waals surface area contributed by atoms with Crippen LogP contribution < -0.4 is 4.74 Å². The number of esters is 1. The van der Waals surface area contributed by atoms with E-state index in [0.29, 0.717) is 5.75 Å². The Morgan fingerprint density at radius 1 is 1.50 bits per heavy atom. The minimum atomic E-state index is -0.607. The van der Waals surface area contributed by atoms with E-state index in [-0.39, 0.29) is 0 Å². The average molecular weight is 195 g/mol. The van der Waals surface area contributed by atoms with Gasteiger partial charge in [0.15, 0.2) is 6.10 Å². The number of hydrogen-bond donors (Lipinski definition) is 0. The number of carbonyl (C=O) groups excluding carboxylic acids is 1. The van der Waals surface area contributed by atoms with Crippen LogP contribution in [0.5, 0.6) is 5.75 Å². The first-order valence-electron chi connectivity index (χ1n) is 4.30. The molecule has 0 aliphatic carbocycles. The van der Waals surface area contributed by atoms with Crippen molar-refractivity contribution in [2.45, 2.75) is 20.0 Å². The van der Waals surface area contributed by atoms with Gasteiger partial charge < -0.3 is 9.47 Å². The Hall–Kier alpha value is -1.58. The first-order chi connectivity index (χ1) is 6.63. The van der Waals surface area contributed by atoms with Gasteiger partial charge in [0.25, 0.3) is 0 Å². The quantitative estimate of drug-likeness (QED) is 0.683. The molecule has 0 unspecified atom stereocenters. The van der Waals surface area contributed by atoms with Gasteiger partial charge in [0.1, 0.15) is 5.75 Å². The molecule has 1 aromatic rings. The molecule has 0 saturated carbocycles. The Balaban J connectivity index is 2.60. The summed E-state index contributed by atoms with van der Waals surface area (Å²) >= 11 is 0. The largest absolute Gasteiger partial charge is 0.477 e. The molecule has 0 amide bonds. The third-order valence-electron chi connectivity index (χ3n) is 1.73. The highest BCUT2D eigenvalue weighted by Crippen LogP contribution is 2.11. The number of aromatic nitrogens is 1. The van der Waals surface area contributed by atoms with E-state index in [1.54, 1.807) is 19.2 Å². The molecule has 14 heavy (non-hydrogen) atoms. The Morgan fingerprint density at radius 2 is 2.21 bits per heavy atom. The van der Waals surface area contributed by atoms with Crippen molar-refractivity contribution in [3.05, 3.63) is 24.0 Å². The molecule has 0 aliphatic rings. The van der Waals surface area contributed by atoms with Crippen molar-refractivity contribution < 1.29 is 14.3 Å². The highest BCUT2D eigenvalue weighted by atomic mass is 16.6. The number of hydrogen-bond acceptors (Lipinski definition) is 4. The SMILES string of the molecule is COC(=O)[C@H](C)Oc1ccc(C)nc1. The monoisotopic (exact) mass is 195 g/mol. The van der Waals surface area contributed by atoms with Gasteiger partial charge in [-0.25, -0.2) is 4.79 Å². The van der Waals surface area contributed by atoms with Crippen LogP contribution in [0.1, 0.15) is 12.6 Å². The van der Waals surface area contributed by atoms with E-state index in [9.17, 15) is 4.79 Å². The van der Waals surface area contributed by atoms with E-state index in [1.807, 2.05) is 13.0 Å². The number of rotatable bonds is 3. The Bertz CT molecular complexity index is 308. The molecule has 1 aromatic heterocycles. The maximum absolute atomic E-state index is 11.0. The smallest absolute Gasteiger partial charge is 0.346 e. The lowest BCUT2D eigenvalue weighted by atomic mass is 10.3. The minimum Gasteiger partial charge on any atom is -0.477 e. The standard InChI is InChI=1S/C10H13NO3/c1-7-4-5-9(6-11-7)14-8(2)10(12)13-3/h4-6,8H,1-3H3/t8-/m0/s1.